The first-order valence-electron chi connectivity index (χ1n) is 9.90. The molecule has 1 aromatic rings. The lowest BCUT2D eigenvalue weighted by atomic mass is 9.94. The van der Waals surface area contributed by atoms with Gasteiger partial charge in [0.15, 0.2) is 0 Å². The number of aromatic carboxylic acids is 1. The Labute approximate surface area is 160 Å². The Hall–Kier alpha value is -2.37. The van der Waals surface area contributed by atoms with E-state index in [1.165, 1.54) is 0 Å². The molecule has 0 spiro atoms. The molecule has 2 amide bonds. The molecule has 0 radical (unpaired) electrons. The maximum Gasteiger partial charge on any atom is 0.335 e. The number of rotatable bonds is 6. The summed E-state index contributed by atoms with van der Waals surface area (Å²) < 4.78 is 0. The number of carbonyl (C=O) groups excluding carboxylic acids is 2. The van der Waals surface area contributed by atoms with Crippen molar-refractivity contribution < 1.29 is 19.5 Å². The van der Waals surface area contributed by atoms with Crippen LogP contribution < -0.4 is 0 Å². The van der Waals surface area contributed by atoms with Gasteiger partial charge in [-0.15, -0.1) is 0 Å². The molecule has 6 nitrogen and oxygen atoms in total. The summed E-state index contributed by atoms with van der Waals surface area (Å²) in [5.74, 6) is 0.00453. The molecule has 2 aliphatic heterocycles. The van der Waals surface area contributed by atoms with Crippen molar-refractivity contribution >= 4 is 17.8 Å². The second kappa shape index (κ2) is 9.02. The average Bonchev–Trinajstić information content (AvgIpc) is 2.69. The second-order valence-corrected chi connectivity index (χ2v) is 7.62. The molecule has 0 aliphatic carbocycles. The van der Waals surface area contributed by atoms with Crippen molar-refractivity contribution in [3.63, 3.8) is 0 Å². The first kappa shape index (κ1) is 19.4. The molecule has 2 fully saturated rings. The lowest BCUT2D eigenvalue weighted by Gasteiger charge is -2.36. The van der Waals surface area contributed by atoms with Gasteiger partial charge in [-0.2, -0.15) is 0 Å². The van der Waals surface area contributed by atoms with Crippen molar-refractivity contribution in [2.45, 2.75) is 44.9 Å². The summed E-state index contributed by atoms with van der Waals surface area (Å²) in [6.07, 6.45) is 5.80. The van der Waals surface area contributed by atoms with E-state index in [-0.39, 0.29) is 17.4 Å². The van der Waals surface area contributed by atoms with Gasteiger partial charge in [0.1, 0.15) is 0 Å². The van der Waals surface area contributed by atoms with Crippen LogP contribution in [0.4, 0.5) is 0 Å². The van der Waals surface area contributed by atoms with E-state index in [1.807, 2.05) is 9.80 Å². The van der Waals surface area contributed by atoms with Crippen molar-refractivity contribution in [1.82, 2.24) is 9.80 Å². The van der Waals surface area contributed by atoms with Crippen LogP contribution in [0.15, 0.2) is 24.3 Å². The number of piperidine rings is 2. The molecule has 6 heteroatoms. The normalized spacial score (nSPS) is 18.6. The van der Waals surface area contributed by atoms with Gasteiger partial charge in [-0.3, -0.25) is 9.59 Å². The number of nitrogens with zero attached hydrogens (tertiary/aromatic N) is 2. The molecule has 3 rings (SSSR count). The Kier molecular flexibility index (Phi) is 6.48. The smallest absolute Gasteiger partial charge is 0.335 e. The van der Waals surface area contributed by atoms with Crippen molar-refractivity contribution in [2.75, 3.05) is 26.2 Å². The highest BCUT2D eigenvalue weighted by atomic mass is 16.4. The van der Waals surface area contributed by atoms with Crippen LogP contribution >= 0.6 is 0 Å². The topological polar surface area (TPSA) is 77.9 Å². The van der Waals surface area contributed by atoms with Crippen molar-refractivity contribution in [3.05, 3.63) is 35.4 Å². The molecule has 0 bridgehead atoms. The van der Waals surface area contributed by atoms with Gasteiger partial charge in [0.05, 0.1) is 5.56 Å². The first-order chi connectivity index (χ1) is 13.0. The largest absolute Gasteiger partial charge is 0.478 e. The van der Waals surface area contributed by atoms with E-state index in [9.17, 15) is 14.4 Å². The summed E-state index contributed by atoms with van der Waals surface area (Å²) in [5, 5.41) is 8.92. The van der Waals surface area contributed by atoms with Gasteiger partial charge in [0.2, 0.25) is 11.8 Å². The van der Waals surface area contributed by atoms with Crippen LogP contribution in [0.3, 0.4) is 0 Å². The Morgan fingerprint density at radius 1 is 1.04 bits per heavy atom. The molecule has 0 aromatic heterocycles. The summed E-state index contributed by atoms with van der Waals surface area (Å²) in [5.41, 5.74) is 1.24. The Bertz CT molecular complexity index is 678. The van der Waals surface area contributed by atoms with Gasteiger partial charge in [0.25, 0.3) is 0 Å². The minimum Gasteiger partial charge on any atom is -0.478 e. The highest BCUT2D eigenvalue weighted by molar-refractivity contribution is 5.87. The summed E-state index contributed by atoms with van der Waals surface area (Å²) in [4.78, 5) is 39.2. The quantitative estimate of drug-likeness (QED) is 0.832. The van der Waals surface area contributed by atoms with E-state index >= 15 is 0 Å². The fraction of sp³-hybridized carbons (Fsp3) is 0.571. The number of benzene rings is 1. The molecule has 0 unspecified atom stereocenters. The number of carboxylic acid groups (broad SMARTS) is 1. The van der Waals surface area contributed by atoms with Gasteiger partial charge >= 0.3 is 5.97 Å². The van der Waals surface area contributed by atoms with E-state index in [1.54, 1.807) is 24.3 Å². The lowest BCUT2D eigenvalue weighted by molar-refractivity contribution is -0.136. The van der Waals surface area contributed by atoms with Gasteiger partial charge in [-0.05, 0) is 55.7 Å². The Morgan fingerprint density at radius 2 is 1.74 bits per heavy atom. The SMILES string of the molecule is O=C(O)c1ccc(CCC(=O)N2CCC(CN3CCCCC3=O)CC2)cc1. The number of hydrogen-bond acceptors (Lipinski definition) is 3. The highest BCUT2D eigenvalue weighted by Gasteiger charge is 2.26. The minimum atomic E-state index is -0.938. The Balaban J connectivity index is 1.40. The first-order valence-corrected chi connectivity index (χ1v) is 9.90. The van der Waals surface area contributed by atoms with Gasteiger partial charge in [-0.25, -0.2) is 4.79 Å². The summed E-state index contributed by atoms with van der Waals surface area (Å²) in [7, 11) is 0. The molecule has 1 aromatic carbocycles. The molecule has 0 saturated carbocycles. The maximum atomic E-state index is 12.5. The highest BCUT2D eigenvalue weighted by Crippen LogP contribution is 2.22. The molecule has 0 atom stereocenters. The van der Waals surface area contributed by atoms with Crippen molar-refractivity contribution in [3.8, 4) is 0 Å². The van der Waals surface area contributed by atoms with Crippen molar-refractivity contribution in [2.24, 2.45) is 5.92 Å². The maximum absolute atomic E-state index is 12.5. The number of likely N-dealkylation sites (tertiary alicyclic amines) is 2. The molecule has 2 saturated heterocycles. The minimum absolute atomic E-state index is 0.157. The average molecular weight is 372 g/mol. The number of aryl methyl sites for hydroxylation is 1. The number of hydrogen-bond donors (Lipinski definition) is 1. The van der Waals surface area contributed by atoms with Crippen LogP contribution in [-0.2, 0) is 16.0 Å². The molecule has 27 heavy (non-hydrogen) atoms. The van der Waals surface area contributed by atoms with Crippen LogP contribution in [0.25, 0.3) is 0 Å². The standard InChI is InChI=1S/C21H28N2O4/c24-19-3-1-2-12-23(19)15-17-10-13-22(14-11-17)20(25)9-6-16-4-7-18(8-5-16)21(26)27/h4-5,7-8,17H,1-3,6,9-15H2,(H,26,27). The number of carbonyl (C=O) groups is 3. The van der Waals surface area contributed by atoms with Crippen LogP contribution in [-0.4, -0.2) is 58.9 Å². The zero-order valence-corrected chi connectivity index (χ0v) is 15.7. The molecule has 146 valence electrons. The van der Waals surface area contributed by atoms with E-state index < -0.39 is 5.97 Å². The fourth-order valence-electron chi connectivity index (χ4n) is 3.95. The zero-order chi connectivity index (χ0) is 19.2. The number of carboxylic acids is 1. The van der Waals surface area contributed by atoms with E-state index in [4.69, 9.17) is 5.11 Å². The zero-order valence-electron chi connectivity index (χ0n) is 15.7. The third kappa shape index (κ3) is 5.31. The summed E-state index contributed by atoms with van der Waals surface area (Å²) in [6.45, 7) is 3.27. The van der Waals surface area contributed by atoms with Crippen molar-refractivity contribution in [1.29, 1.82) is 0 Å². The molecule has 2 heterocycles. The van der Waals surface area contributed by atoms with Gasteiger partial charge in [-0.1, -0.05) is 12.1 Å². The van der Waals surface area contributed by atoms with Crippen LogP contribution in [0.5, 0.6) is 0 Å². The predicted octanol–water partition coefficient (Wildman–Crippen LogP) is 2.57. The third-order valence-corrected chi connectivity index (χ3v) is 5.70. The van der Waals surface area contributed by atoms with Crippen LogP contribution in [0.1, 0.15) is 54.4 Å². The Morgan fingerprint density at radius 3 is 2.37 bits per heavy atom. The van der Waals surface area contributed by atoms with Gasteiger partial charge in [0, 0.05) is 39.0 Å². The monoisotopic (exact) mass is 372 g/mol. The lowest BCUT2D eigenvalue weighted by Crippen LogP contribution is -2.44. The second-order valence-electron chi connectivity index (χ2n) is 7.62. The summed E-state index contributed by atoms with van der Waals surface area (Å²) >= 11 is 0. The molecular formula is C21H28N2O4. The predicted molar refractivity (Wildman–Crippen MR) is 101 cm³/mol. The number of amides is 2. The fourth-order valence-corrected chi connectivity index (χ4v) is 3.95. The van der Waals surface area contributed by atoms with Crippen LogP contribution in [0.2, 0.25) is 0 Å². The van der Waals surface area contributed by atoms with Crippen LogP contribution in [0, 0.1) is 5.92 Å². The third-order valence-electron chi connectivity index (χ3n) is 5.70. The molecule has 1 N–H and O–H groups in total. The van der Waals surface area contributed by atoms with Gasteiger partial charge < -0.3 is 14.9 Å². The van der Waals surface area contributed by atoms with E-state index in [0.717, 1.165) is 57.4 Å². The molecular weight excluding hydrogens is 344 g/mol. The van der Waals surface area contributed by atoms with E-state index in [0.29, 0.717) is 25.2 Å². The summed E-state index contributed by atoms with van der Waals surface area (Å²) in [6, 6.07) is 6.71. The van der Waals surface area contributed by atoms with E-state index in [2.05, 4.69) is 0 Å². The molecule has 2 aliphatic rings.